The number of nitrogens with one attached hydrogen (secondary N) is 3. The van der Waals surface area contributed by atoms with Gasteiger partial charge in [0.05, 0.1) is 10.6 Å². The van der Waals surface area contributed by atoms with Crippen LogP contribution in [0.5, 0.6) is 0 Å². The van der Waals surface area contributed by atoms with Crippen molar-refractivity contribution < 1.29 is 14.0 Å². The second kappa shape index (κ2) is 8.03. The molecule has 3 rings (SSSR count). The predicted octanol–water partition coefficient (Wildman–Crippen LogP) is 3.18. The number of benzene rings is 1. The van der Waals surface area contributed by atoms with Crippen LogP contribution in [0.15, 0.2) is 24.3 Å². The van der Waals surface area contributed by atoms with Gasteiger partial charge in [0.25, 0.3) is 5.91 Å². The summed E-state index contributed by atoms with van der Waals surface area (Å²) >= 11 is 7.02. The van der Waals surface area contributed by atoms with Gasteiger partial charge < -0.3 is 16.4 Å². The predicted molar refractivity (Wildman–Crippen MR) is 101 cm³/mol. The molecule has 0 saturated carbocycles. The summed E-state index contributed by atoms with van der Waals surface area (Å²) in [4.78, 5) is 24.6. The molecule has 1 aliphatic rings. The highest BCUT2D eigenvalue weighted by Crippen LogP contribution is 2.36. The normalized spacial score (nSPS) is 16.9. The first-order valence-electron chi connectivity index (χ1n) is 8.11. The second-order valence-corrected chi connectivity index (χ2v) is 7.45. The van der Waals surface area contributed by atoms with Crippen molar-refractivity contribution in [1.82, 2.24) is 10.6 Å². The molecule has 2 heterocycles. The van der Waals surface area contributed by atoms with Crippen molar-refractivity contribution in [2.24, 2.45) is 5.73 Å². The molecule has 5 N–H and O–H groups in total. The van der Waals surface area contributed by atoms with E-state index >= 15 is 0 Å². The lowest BCUT2D eigenvalue weighted by molar-refractivity contribution is 0.0932. The summed E-state index contributed by atoms with van der Waals surface area (Å²) in [5.74, 6) is -0.816. The molecule has 1 aromatic carbocycles. The molecule has 0 spiro atoms. The summed E-state index contributed by atoms with van der Waals surface area (Å²) in [7, 11) is 0. The van der Waals surface area contributed by atoms with Crippen LogP contribution in [0.1, 0.15) is 23.2 Å². The van der Waals surface area contributed by atoms with Gasteiger partial charge in [0.15, 0.2) is 0 Å². The average molecular weight is 397 g/mol. The van der Waals surface area contributed by atoms with Crippen LogP contribution in [-0.4, -0.2) is 31.1 Å². The summed E-state index contributed by atoms with van der Waals surface area (Å²) in [5.41, 5.74) is 6.17. The Morgan fingerprint density at radius 2 is 2.15 bits per heavy atom. The minimum absolute atomic E-state index is 0.0143. The molecule has 1 saturated heterocycles. The molecular formula is C17H18ClFN4O2S. The average Bonchev–Trinajstić information content (AvgIpc) is 3.01. The molecule has 0 radical (unpaired) electrons. The van der Waals surface area contributed by atoms with Crippen LogP contribution >= 0.6 is 22.9 Å². The van der Waals surface area contributed by atoms with E-state index in [4.69, 9.17) is 17.3 Å². The fourth-order valence-electron chi connectivity index (χ4n) is 2.79. The Bertz CT molecular complexity index is 836. The van der Waals surface area contributed by atoms with Gasteiger partial charge in [-0.05, 0) is 43.1 Å². The standard InChI is InChI=1S/C17H18ClFN4O2S/c18-12-6-9(3-4-13(12)19)14-7-11(16(26-14)23-17(20)25)15(24)22-10-2-1-5-21-8-10/h3-4,6-7,10,21H,1-2,5,8H2,(H,22,24)(H3,20,23,25)/t10-/m0/s1. The first-order chi connectivity index (χ1) is 12.4. The summed E-state index contributed by atoms with van der Waals surface area (Å²) in [6.45, 7) is 1.64. The molecule has 0 aliphatic carbocycles. The van der Waals surface area contributed by atoms with Crippen molar-refractivity contribution in [3.63, 3.8) is 0 Å². The quantitative estimate of drug-likeness (QED) is 0.639. The summed E-state index contributed by atoms with van der Waals surface area (Å²) in [5, 5.41) is 9.00. The SMILES string of the molecule is NC(=O)Nc1sc(-c2ccc(F)c(Cl)c2)cc1C(=O)N[C@H]1CCCNC1. The zero-order valence-electron chi connectivity index (χ0n) is 13.8. The van der Waals surface area contributed by atoms with Gasteiger partial charge in [-0.25, -0.2) is 9.18 Å². The van der Waals surface area contributed by atoms with E-state index in [0.717, 1.165) is 19.4 Å². The van der Waals surface area contributed by atoms with Crippen LogP contribution < -0.4 is 21.7 Å². The number of thiophene rings is 1. The lowest BCUT2D eigenvalue weighted by Crippen LogP contribution is -2.45. The molecule has 1 atom stereocenters. The third-order valence-electron chi connectivity index (χ3n) is 4.05. The molecule has 26 heavy (non-hydrogen) atoms. The van der Waals surface area contributed by atoms with Crippen molar-refractivity contribution in [2.75, 3.05) is 18.4 Å². The van der Waals surface area contributed by atoms with E-state index < -0.39 is 11.8 Å². The third kappa shape index (κ3) is 4.32. The summed E-state index contributed by atoms with van der Waals surface area (Å²) in [6, 6.07) is 5.21. The van der Waals surface area contributed by atoms with Crippen LogP contribution in [0.25, 0.3) is 10.4 Å². The number of anilines is 1. The number of rotatable bonds is 4. The summed E-state index contributed by atoms with van der Waals surface area (Å²) in [6.07, 6.45) is 1.88. The van der Waals surface area contributed by atoms with Crippen molar-refractivity contribution in [3.8, 4) is 10.4 Å². The first kappa shape index (κ1) is 18.6. The number of carbonyl (C=O) groups is 2. The van der Waals surface area contributed by atoms with E-state index in [1.54, 1.807) is 12.1 Å². The van der Waals surface area contributed by atoms with Crippen LogP contribution in [0, 0.1) is 5.82 Å². The first-order valence-corrected chi connectivity index (χ1v) is 9.31. The number of carbonyl (C=O) groups excluding carboxylic acids is 2. The highest BCUT2D eigenvalue weighted by atomic mass is 35.5. The van der Waals surface area contributed by atoms with Gasteiger partial charge in [0, 0.05) is 17.5 Å². The maximum atomic E-state index is 13.4. The Balaban J connectivity index is 1.89. The number of primary amides is 1. The molecule has 9 heteroatoms. The van der Waals surface area contributed by atoms with Crippen LogP contribution in [-0.2, 0) is 0 Å². The Morgan fingerprint density at radius 3 is 2.81 bits per heavy atom. The molecule has 0 bridgehead atoms. The van der Waals surface area contributed by atoms with Gasteiger partial charge in [-0.3, -0.25) is 10.1 Å². The number of urea groups is 1. The minimum Gasteiger partial charge on any atom is -0.351 e. The van der Waals surface area contributed by atoms with Crippen LogP contribution in [0.4, 0.5) is 14.2 Å². The second-order valence-electron chi connectivity index (χ2n) is 5.99. The van der Waals surface area contributed by atoms with Gasteiger partial charge in [0.2, 0.25) is 0 Å². The fraction of sp³-hybridized carbons (Fsp3) is 0.294. The molecule has 1 aromatic heterocycles. The Kier molecular flexibility index (Phi) is 5.75. The van der Waals surface area contributed by atoms with Crippen molar-refractivity contribution in [1.29, 1.82) is 0 Å². The number of halogens is 2. The maximum absolute atomic E-state index is 13.4. The van der Waals surface area contributed by atoms with E-state index in [2.05, 4.69) is 16.0 Å². The zero-order chi connectivity index (χ0) is 18.7. The Hall–Kier alpha value is -2.16. The van der Waals surface area contributed by atoms with E-state index in [1.807, 2.05) is 0 Å². The largest absolute Gasteiger partial charge is 0.351 e. The zero-order valence-corrected chi connectivity index (χ0v) is 15.3. The number of piperidine rings is 1. The fourth-order valence-corrected chi connectivity index (χ4v) is 4.03. The molecule has 1 aliphatic heterocycles. The van der Waals surface area contributed by atoms with E-state index in [0.29, 0.717) is 27.5 Å². The number of hydrogen-bond donors (Lipinski definition) is 4. The molecule has 3 amide bonds. The minimum atomic E-state index is -0.760. The maximum Gasteiger partial charge on any atom is 0.317 e. The van der Waals surface area contributed by atoms with E-state index in [1.165, 1.54) is 23.5 Å². The smallest absolute Gasteiger partial charge is 0.317 e. The number of amides is 3. The van der Waals surface area contributed by atoms with Crippen LogP contribution in [0.3, 0.4) is 0 Å². The molecule has 0 unspecified atom stereocenters. The van der Waals surface area contributed by atoms with E-state index in [-0.39, 0.29) is 17.0 Å². The van der Waals surface area contributed by atoms with Crippen LogP contribution in [0.2, 0.25) is 5.02 Å². The Labute approximate surface area is 158 Å². The molecule has 6 nitrogen and oxygen atoms in total. The van der Waals surface area contributed by atoms with Crippen molar-refractivity contribution >= 4 is 39.9 Å². The highest BCUT2D eigenvalue weighted by molar-refractivity contribution is 7.20. The number of nitrogens with two attached hydrogens (primary N) is 1. The van der Waals surface area contributed by atoms with Gasteiger partial charge >= 0.3 is 6.03 Å². The molecule has 2 aromatic rings. The molecule has 1 fully saturated rings. The highest BCUT2D eigenvalue weighted by Gasteiger charge is 2.22. The topological polar surface area (TPSA) is 96.2 Å². The lowest BCUT2D eigenvalue weighted by atomic mass is 10.1. The molecular weight excluding hydrogens is 379 g/mol. The van der Waals surface area contributed by atoms with Gasteiger partial charge in [-0.2, -0.15) is 0 Å². The third-order valence-corrected chi connectivity index (χ3v) is 5.44. The number of hydrogen-bond acceptors (Lipinski definition) is 4. The Morgan fingerprint density at radius 1 is 1.35 bits per heavy atom. The lowest BCUT2D eigenvalue weighted by Gasteiger charge is -2.23. The van der Waals surface area contributed by atoms with Gasteiger partial charge in [-0.1, -0.05) is 17.7 Å². The monoisotopic (exact) mass is 396 g/mol. The molecule has 138 valence electrons. The van der Waals surface area contributed by atoms with E-state index in [9.17, 15) is 14.0 Å². The van der Waals surface area contributed by atoms with Crippen molar-refractivity contribution in [2.45, 2.75) is 18.9 Å². The summed E-state index contributed by atoms with van der Waals surface area (Å²) < 4.78 is 13.4. The van der Waals surface area contributed by atoms with Crippen molar-refractivity contribution in [3.05, 3.63) is 40.7 Å². The van der Waals surface area contributed by atoms with Gasteiger partial charge in [0.1, 0.15) is 10.8 Å². The van der Waals surface area contributed by atoms with Gasteiger partial charge in [-0.15, -0.1) is 11.3 Å².